The Hall–Kier alpha value is -2.26. The van der Waals surface area contributed by atoms with Crippen molar-refractivity contribution in [3.63, 3.8) is 0 Å². The van der Waals surface area contributed by atoms with Gasteiger partial charge in [-0.05, 0) is 72.7 Å². The van der Waals surface area contributed by atoms with Crippen LogP contribution in [0.4, 0.5) is 11.4 Å². The fraction of sp³-hybridized carbons (Fsp3) is 0.364. The lowest BCUT2D eigenvalue weighted by Crippen LogP contribution is -2.24. The maximum atomic E-state index is 3.63. The molecule has 25 heavy (non-hydrogen) atoms. The average molecular weight is 331 g/mol. The molecule has 0 fully saturated rings. The van der Waals surface area contributed by atoms with E-state index in [1.54, 1.807) is 0 Å². The van der Waals surface area contributed by atoms with Crippen LogP contribution in [-0.2, 0) is 32.9 Å². The fourth-order valence-electron chi connectivity index (χ4n) is 4.57. The van der Waals surface area contributed by atoms with Crippen LogP contribution in [0.15, 0.2) is 36.4 Å². The largest absolute Gasteiger partial charge is 0.355 e. The summed E-state index contributed by atoms with van der Waals surface area (Å²) < 4.78 is 2.37. The third-order valence-corrected chi connectivity index (χ3v) is 5.91. The molecule has 3 aromatic rings. The highest BCUT2D eigenvalue weighted by Gasteiger charge is 2.18. The molecular weight excluding hydrogens is 306 g/mol. The normalized spacial score (nSPS) is 16.5. The van der Waals surface area contributed by atoms with Gasteiger partial charge in [-0.25, -0.2) is 0 Å². The van der Waals surface area contributed by atoms with Crippen molar-refractivity contribution in [3.8, 4) is 0 Å². The molecule has 0 saturated carbocycles. The van der Waals surface area contributed by atoms with Gasteiger partial charge in [0.15, 0.2) is 0 Å². The van der Waals surface area contributed by atoms with Crippen molar-refractivity contribution in [2.45, 2.75) is 38.6 Å². The summed E-state index contributed by atoms with van der Waals surface area (Å²) in [6.07, 6.45) is 6.25. The zero-order valence-corrected chi connectivity index (χ0v) is 14.9. The minimum atomic E-state index is 0.981. The second kappa shape index (κ2) is 5.92. The van der Waals surface area contributed by atoms with E-state index in [1.165, 1.54) is 70.3 Å². The maximum Gasteiger partial charge on any atom is 0.0484 e. The van der Waals surface area contributed by atoms with E-state index in [2.05, 4.69) is 58.6 Å². The van der Waals surface area contributed by atoms with Gasteiger partial charge in [0, 0.05) is 54.5 Å². The number of nitrogens with zero attached hydrogens (tertiary/aromatic N) is 1. The summed E-state index contributed by atoms with van der Waals surface area (Å²) in [7, 11) is 2.20. The molecule has 1 aliphatic carbocycles. The zero-order valence-electron chi connectivity index (χ0n) is 14.9. The predicted octanol–water partition coefficient (Wildman–Crippen LogP) is 4.45. The van der Waals surface area contributed by atoms with E-state index >= 15 is 0 Å². The Bertz CT molecular complexity index is 952. The van der Waals surface area contributed by atoms with Gasteiger partial charge in [0.1, 0.15) is 0 Å². The van der Waals surface area contributed by atoms with E-state index in [0.717, 1.165) is 19.5 Å². The van der Waals surface area contributed by atoms with Crippen LogP contribution in [0, 0.1) is 0 Å². The fourth-order valence-corrected chi connectivity index (χ4v) is 4.57. The molecule has 0 unspecified atom stereocenters. The van der Waals surface area contributed by atoms with Crippen molar-refractivity contribution in [1.29, 1.82) is 0 Å². The van der Waals surface area contributed by atoms with Gasteiger partial charge in [-0.3, -0.25) is 0 Å². The molecular formula is C22H25N3. The first-order valence-electron chi connectivity index (χ1n) is 9.49. The lowest BCUT2D eigenvalue weighted by molar-refractivity contribution is 0.622. The molecule has 128 valence electrons. The topological polar surface area (TPSA) is 29.0 Å². The van der Waals surface area contributed by atoms with Gasteiger partial charge in [0.2, 0.25) is 0 Å². The number of anilines is 2. The number of aryl methyl sites for hydroxylation is 3. The molecule has 3 heteroatoms. The van der Waals surface area contributed by atoms with Crippen molar-refractivity contribution < 1.29 is 0 Å². The van der Waals surface area contributed by atoms with Crippen LogP contribution < -0.4 is 10.6 Å². The second-order valence-corrected chi connectivity index (χ2v) is 7.46. The highest BCUT2D eigenvalue weighted by atomic mass is 15.0. The second-order valence-electron chi connectivity index (χ2n) is 7.46. The highest BCUT2D eigenvalue weighted by Crippen LogP contribution is 2.31. The Labute approximate surface area is 149 Å². The molecule has 1 aromatic heterocycles. The summed E-state index contributed by atoms with van der Waals surface area (Å²) >= 11 is 0. The number of hydrogen-bond acceptors (Lipinski definition) is 2. The maximum absolute atomic E-state index is 3.63. The molecule has 2 heterocycles. The summed E-state index contributed by atoms with van der Waals surface area (Å²) in [5.41, 5.74) is 9.75. The number of aromatic nitrogens is 1. The Balaban J connectivity index is 1.51. The minimum absolute atomic E-state index is 0.981. The predicted molar refractivity (Wildman–Crippen MR) is 105 cm³/mol. The Morgan fingerprint density at radius 3 is 2.64 bits per heavy atom. The van der Waals surface area contributed by atoms with Crippen LogP contribution >= 0.6 is 0 Å². The van der Waals surface area contributed by atoms with Gasteiger partial charge in [0.25, 0.3) is 0 Å². The molecule has 3 nitrogen and oxygen atoms in total. The van der Waals surface area contributed by atoms with Gasteiger partial charge < -0.3 is 15.2 Å². The molecule has 1 aliphatic heterocycles. The molecule has 0 radical (unpaired) electrons. The van der Waals surface area contributed by atoms with Crippen molar-refractivity contribution in [3.05, 3.63) is 58.8 Å². The van der Waals surface area contributed by atoms with Gasteiger partial charge in [0.05, 0.1) is 0 Å². The minimum Gasteiger partial charge on any atom is -0.355 e. The molecule has 0 bridgehead atoms. The van der Waals surface area contributed by atoms with E-state index < -0.39 is 0 Å². The van der Waals surface area contributed by atoms with Gasteiger partial charge >= 0.3 is 0 Å². The quantitative estimate of drug-likeness (QED) is 0.726. The number of nitrogens with one attached hydrogen (secondary N) is 2. The van der Waals surface area contributed by atoms with Gasteiger partial charge in [-0.15, -0.1) is 0 Å². The average Bonchev–Trinajstić information content (AvgIpc) is 2.94. The lowest BCUT2D eigenvalue weighted by Gasteiger charge is -2.17. The van der Waals surface area contributed by atoms with Crippen LogP contribution in [0.3, 0.4) is 0 Å². The third-order valence-electron chi connectivity index (χ3n) is 5.91. The van der Waals surface area contributed by atoms with E-state index in [0.29, 0.717) is 0 Å². The first-order chi connectivity index (χ1) is 12.3. The first kappa shape index (κ1) is 15.0. The molecule has 0 saturated heterocycles. The highest BCUT2D eigenvalue weighted by molar-refractivity contribution is 5.89. The Morgan fingerprint density at radius 1 is 0.920 bits per heavy atom. The molecule has 2 N–H and O–H groups in total. The van der Waals surface area contributed by atoms with Gasteiger partial charge in [-0.2, -0.15) is 0 Å². The monoisotopic (exact) mass is 331 g/mol. The zero-order chi connectivity index (χ0) is 16.8. The van der Waals surface area contributed by atoms with Crippen LogP contribution in [0.25, 0.3) is 10.9 Å². The Kier molecular flexibility index (Phi) is 3.56. The first-order valence-corrected chi connectivity index (χ1v) is 9.49. The van der Waals surface area contributed by atoms with Crippen LogP contribution in [0.1, 0.15) is 35.2 Å². The van der Waals surface area contributed by atoms with Crippen LogP contribution in [-0.4, -0.2) is 11.1 Å². The molecule has 0 spiro atoms. The number of hydrogen-bond donors (Lipinski definition) is 2. The lowest BCUT2D eigenvalue weighted by atomic mass is 9.91. The van der Waals surface area contributed by atoms with Gasteiger partial charge in [-0.1, -0.05) is 6.07 Å². The van der Waals surface area contributed by atoms with Crippen molar-refractivity contribution in [2.24, 2.45) is 7.05 Å². The SMILES string of the molecule is Cn1c2c(c3cc(Nc4ccc5c(c4)CCCC5)ccc31)CNCC2. The smallest absolute Gasteiger partial charge is 0.0484 e. The van der Waals surface area contributed by atoms with Crippen molar-refractivity contribution in [2.75, 3.05) is 11.9 Å². The van der Waals surface area contributed by atoms with Crippen LogP contribution in [0.5, 0.6) is 0 Å². The number of rotatable bonds is 2. The van der Waals surface area contributed by atoms with E-state index in [1.807, 2.05) is 0 Å². The van der Waals surface area contributed by atoms with Crippen LogP contribution in [0.2, 0.25) is 0 Å². The van der Waals surface area contributed by atoms with Crippen molar-refractivity contribution >= 4 is 22.3 Å². The molecule has 2 aromatic carbocycles. The molecule has 2 aliphatic rings. The number of fused-ring (bicyclic) bond motifs is 4. The summed E-state index contributed by atoms with van der Waals surface area (Å²) in [6, 6.07) is 13.7. The van der Waals surface area contributed by atoms with E-state index in [-0.39, 0.29) is 0 Å². The summed E-state index contributed by atoms with van der Waals surface area (Å²) in [5, 5.41) is 8.53. The Morgan fingerprint density at radius 2 is 1.72 bits per heavy atom. The van der Waals surface area contributed by atoms with Crippen molar-refractivity contribution in [1.82, 2.24) is 9.88 Å². The standard InChI is InChI=1S/C22H25N3/c1-25-21-9-8-18(13-19(21)20-14-23-11-10-22(20)25)24-17-7-6-15-4-2-3-5-16(15)12-17/h6-9,12-13,23-24H,2-5,10-11,14H2,1H3. The number of benzene rings is 2. The summed E-state index contributed by atoms with van der Waals surface area (Å²) in [6.45, 7) is 2.06. The third kappa shape index (κ3) is 2.54. The summed E-state index contributed by atoms with van der Waals surface area (Å²) in [5.74, 6) is 0. The van der Waals surface area contributed by atoms with E-state index in [4.69, 9.17) is 0 Å². The molecule has 5 rings (SSSR count). The molecule has 0 amide bonds. The van der Waals surface area contributed by atoms with E-state index in [9.17, 15) is 0 Å². The molecule has 0 atom stereocenters. The summed E-state index contributed by atoms with van der Waals surface area (Å²) in [4.78, 5) is 0.